The monoisotopic (exact) mass is 376 g/mol. The second-order valence-electron chi connectivity index (χ2n) is 6.09. The zero-order valence-corrected chi connectivity index (χ0v) is 15.1. The Labute approximate surface area is 156 Å². The van der Waals surface area contributed by atoms with Gasteiger partial charge >= 0.3 is 0 Å². The Morgan fingerprint density at radius 1 is 1.16 bits per heavy atom. The third kappa shape index (κ3) is 4.53. The Morgan fingerprint density at radius 2 is 1.92 bits per heavy atom. The second kappa shape index (κ2) is 7.89. The zero-order valence-electron chi connectivity index (χ0n) is 13.5. The molecule has 2 aromatic rings. The van der Waals surface area contributed by atoms with Crippen molar-refractivity contribution in [3.63, 3.8) is 0 Å². The molecular formula is C19H18Cl2N2O2. The van der Waals surface area contributed by atoms with Crippen molar-refractivity contribution in [2.24, 2.45) is 5.92 Å². The zero-order chi connectivity index (χ0) is 17.8. The van der Waals surface area contributed by atoms with Crippen molar-refractivity contribution in [3.8, 4) is 0 Å². The van der Waals surface area contributed by atoms with Gasteiger partial charge < -0.3 is 10.2 Å². The third-order valence-corrected chi connectivity index (χ3v) is 4.85. The largest absolute Gasteiger partial charge is 0.342 e. The lowest BCUT2D eigenvalue weighted by Crippen LogP contribution is -2.30. The van der Waals surface area contributed by atoms with Crippen LogP contribution in [0.3, 0.4) is 0 Å². The van der Waals surface area contributed by atoms with Gasteiger partial charge in [0.05, 0.1) is 16.6 Å². The quantitative estimate of drug-likeness (QED) is 0.856. The molecule has 4 nitrogen and oxygen atoms in total. The summed E-state index contributed by atoms with van der Waals surface area (Å²) < 4.78 is 0. The average Bonchev–Trinajstić information content (AvgIpc) is 2.98. The first kappa shape index (κ1) is 17.8. The number of likely N-dealkylation sites (tertiary alicyclic amines) is 1. The summed E-state index contributed by atoms with van der Waals surface area (Å²) in [4.78, 5) is 26.4. The summed E-state index contributed by atoms with van der Waals surface area (Å²) in [6, 6.07) is 14.9. The number of halogens is 2. The lowest BCUT2D eigenvalue weighted by atomic mass is 10.1. The molecule has 0 bridgehead atoms. The van der Waals surface area contributed by atoms with E-state index < -0.39 is 0 Å². The Kier molecular flexibility index (Phi) is 5.61. The minimum atomic E-state index is -0.377. The molecule has 0 aromatic heterocycles. The van der Waals surface area contributed by atoms with Gasteiger partial charge in [-0.15, -0.1) is 0 Å². The Morgan fingerprint density at radius 3 is 2.68 bits per heavy atom. The molecule has 2 aromatic carbocycles. The van der Waals surface area contributed by atoms with E-state index in [4.69, 9.17) is 23.2 Å². The van der Waals surface area contributed by atoms with Crippen molar-refractivity contribution in [2.45, 2.75) is 12.8 Å². The summed E-state index contributed by atoms with van der Waals surface area (Å²) in [5, 5.41) is 3.69. The molecule has 1 heterocycles. The smallest absolute Gasteiger partial charge is 0.229 e. The van der Waals surface area contributed by atoms with Crippen molar-refractivity contribution >= 4 is 40.7 Å². The third-order valence-electron chi connectivity index (χ3n) is 4.28. The van der Waals surface area contributed by atoms with Gasteiger partial charge in [0.2, 0.25) is 11.8 Å². The molecule has 0 spiro atoms. The van der Waals surface area contributed by atoms with Crippen LogP contribution < -0.4 is 5.32 Å². The predicted octanol–water partition coefficient (Wildman–Crippen LogP) is 4.02. The van der Waals surface area contributed by atoms with Gasteiger partial charge in [0.25, 0.3) is 0 Å². The number of benzene rings is 2. The van der Waals surface area contributed by atoms with Gasteiger partial charge in [0.1, 0.15) is 0 Å². The van der Waals surface area contributed by atoms with E-state index in [-0.39, 0.29) is 24.2 Å². The van der Waals surface area contributed by atoms with E-state index in [0.29, 0.717) is 28.8 Å². The fourth-order valence-corrected chi connectivity index (χ4v) is 3.24. The molecule has 0 aliphatic carbocycles. The maximum Gasteiger partial charge on any atom is 0.229 e. The molecule has 1 atom stereocenters. The van der Waals surface area contributed by atoms with Gasteiger partial charge in [-0.3, -0.25) is 9.59 Å². The van der Waals surface area contributed by atoms with Crippen LogP contribution >= 0.6 is 23.2 Å². The van der Waals surface area contributed by atoms with Gasteiger partial charge in [-0.2, -0.15) is 0 Å². The molecule has 25 heavy (non-hydrogen) atoms. The van der Waals surface area contributed by atoms with Crippen molar-refractivity contribution in [1.29, 1.82) is 0 Å². The SMILES string of the molecule is O=C(Nc1cc(Cl)ccc1Cl)[C@@H]1CC(=O)N(CCc2ccccc2)C1. The van der Waals surface area contributed by atoms with Crippen LogP contribution in [0.25, 0.3) is 0 Å². The van der Waals surface area contributed by atoms with Crippen LogP contribution in [0.2, 0.25) is 10.0 Å². The predicted molar refractivity (Wildman–Crippen MR) is 99.9 cm³/mol. The Balaban J connectivity index is 1.58. The molecule has 1 aliphatic rings. The highest BCUT2D eigenvalue weighted by Crippen LogP contribution is 2.27. The van der Waals surface area contributed by atoms with Crippen LogP contribution in [0.1, 0.15) is 12.0 Å². The molecule has 0 unspecified atom stereocenters. The van der Waals surface area contributed by atoms with E-state index in [0.717, 1.165) is 6.42 Å². The fraction of sp³-hybridized carbons (Fsp3) is 0.263. The molecule has 3 rings (SSSR count). The summed E-state index contributed by atoms with van der Waals surface area (Å²) >= 11 is 12.0. The standard InChI is InChI=1S/C19H18Cl2N2O2/c20-15-6-7-16(21)17(11-15)22-19(25)14-10-18(24)23(12-14)9-8-13-4-2-1-3-5-13/h1-7,11,14H,8-10,12H2,(H,22,25)/t14-/m1/s1. The van der Waals surface area contributed by atoms with E-state index in [2.05, 4.69) is 5.32 Å². The molecule has 1 N–H and O–H groups in total. The molecular weight excluding hydrogens is 359 g/mol. The van der Waals surface area contributed by atoms with Gasteiger partial charge in [-0.1, -0.05) is 53.5 Å². The lowest BCUT2D eigenvalue weighted by Gasteiger charge is -2.17. The molecule has 0 saturated carbocycles. The summed E-state index contributed by atoms with van der Waals surface area (Å²) in [6.07, 6.45) is 1.000. The summed E-state index contributed by atoms with van der Waals surface area (Å²) in [7, 11) is 0. The first-order valence-electron chi connectivity index (χ1n) is 8.10. The molecule has 1 fully saturated rings. The van der Waals surface area contributed by atoms with Gasteiger partial charge in [0.15, 0.2) is 0 Å². The summed E-state index contributed by atoms with van der Waals surface area (Å²) in [6.45, 7) is 1.04. The highest BCUT2D eigenvalue weighted by Gasteiger charge is 2.34. The van der Waals surface area contributed by atoms with Gasteiger partial charge in [-0.05, 0) is 30.2 Å². The first-order chi connectivity index (χ1) is 12.0. The van der Waals surface area contributed by atoms with E-state index in [1.54, 1.807) is 23.1 Å². The molecule has 1 saturated heterocycles. The van der Waals surface area contributed by atoms with Gasteiger partial charge in [-0.25, -0.2) is 0 Å². The van der Waals surface area contributed by atoms with Gasteiger partial charge in [0, 0.05) is 24.5 Å². The van der Waals surface area contributed by atoms with E-state index in [1.807, 2.05) is 30.3 Å². The second-order valence-corrected chi connectivity index (χ2v) is 6.93. The van der Waals surface area contributed by atoms with Crippen LogP contribution in [0.5, 0.6) is 0 Å². The molecule has 2 amide bonds. The van der Waals surface area contributed by atoms with E-state index in [1.165, 1.54) is 5.56 Å². The number of amides is 2. The Bertz CT molecular complexity index is 780. The fourth-order valence-electron chi connectivity index (χ4n) is 2.90. The number of hydrogen-bond donors (Lipinski definition) is 1. The van der Waals surface area contributed by atoms with E-state index >= 15 is 0 Å². The normalized spacial score (nSPS) is 17.0. The first-order valence-corrected chi connectivity index (χ1v) is 8.86. The highest BCUT2D eigenvalue weighted by atomic mass is 35.5. The van der Waals surface area contributed by atoms with Crippen LogP contribution in [0.4, 0.5) is 5.69 Å². The number of carbonyl (C=O) groups excluding carboxylic acids is 2. The van der Waals surface area contributed by atoms with E-state index in [9.17, 15) is 9.59 Å². The number of carbonyl (C=O) groups is 2. The number of nitrogens with one attached hydrogen (secondary N) is 1. The Hall–Kier alpha value is -2.04. The highest BCUT2D eigenvalue weighted by molar-refractivity contribution is 6.35. The summed E-state index contributed by atoms with van der Waals surface area (Å²) in [5.41, 5.74) is 1.64. The van der Waals surface area contributed by atoms with Crippen molar-refractivity contribution in [2.75, 3.05) is 18.4 Å². The minimum absolute atomic E-state index is 0.00766. The van der Waals surface area contributed by atoms with Crippen LogP contribution in [-0.4, -0.2) is 29.8 Å². The average molecular weight is 377 g/mol. The minimum Gasteiger partial charge on any atom is -0.342 e. The maximum absolute atomic E-state index is 12.5. The van der Waals surface area contributed by atoms with Crippen LogP contribution in [0.15, 0.2) is 48.5 Å². The lowest BCUT2D eigenvalue weighted by molar-refractivity contribution is -0.128. The van der Waals surface area contributed by atoms with Crippen LogP contribution in [-0.2, 0) is 16.0 Å². The van der Waals surface area contributed by atoms with Crippen LogP contribution in [0, 0.1) is 5.92 Å². The van der Waals surface area contributed by atoms with Crippen molar-refractivity contribution in [1.82, 2.24) is 4.90 Å². The molecule has 6 heteroatoms. The molecule has 130 valence electrons. The number of hydrogen-bond acceptors (Lipinski definition) is 2. The topological polar surface area (TPSA) is 49.4 Å². The van der Waals surface area contributed by atoms with Crippen molar-refractivity contribution < 1.29 is 9.59 Å². The van der Waals surface area contributed by atoms with Crippen molar-refractivity contribution in [3.05, 3.63) is 64.1 Å². The molecule has 0 radical (unpaired) electrons. The molecule has 1 aliphatic heterocycles. The number of rotatable bonds is 5. The number of anilines is 1. The maximum atomic E-state index is 12.5. The number of nitrogens with zero attached hydrogens (tertiary/aromatic N) is 1. The summed E-state index contributed by atoms with van der Waals surface area (Å²) in [5.74, 6) is -0.577.